The zero-order valence-corrected chi connectivity index (χ0v) is 14.9. The molecule has 3 unspecified atom stereocenters. The Morgan fingerprint density at radius 3 is 2.86 bits per heavy atom. The van der Waals surface area contributed by atoms with Gasteiger partial charge >= 0.3 is 0 Å². The number of rotatable bonds is 3. The molecule has 4 nitrogen and oxygen atoms in total. The summed E-state index contributed by atoms with van der Waals surface area (Å²) in [6.45, 7) is 4.45. The van der Waals surface area contributed by atoms with Crippen molar-refractivity contribution in [3.63, 3.8) is 0 Å². The van der Waals surface area contributed by atoms with Gasteiger partial charge in [0.2, 0.25) is 10.0 Å². The Morgan fingerprint density at radius 1 is 1.43 bits per heavy atom. The maximum absolute atomic E-state index is 13.0. The molecule has 2 fully saturated rings. The maximum atomic E-state index is 13.0. The van der Waals surface area contributed by atoms with Gasteiger partial charge in [-0.05, 0) is 49.5 Å². The van der Waals surface area contributed by atoms with E-state index in [-0.39, 0.29) is 16.0 Å². The number of nitrogens with zero attached hydrogens (tertiary/aromatic N) is 1. The summed E-state index contributed by atoms with van der Waals surface area (Å²) >= 11 is 9.47. The van der Waals surface area contributed by atoms with Crippen LogP contribution in [0.4, 0.5) is 0 Å². The third kappa shape index (κ3) is 2.65. The third-order valence-electron chi connectivity index (χ3n) is 4.57. The van der Waals surface area contributed by atoms with Gasteiger partial charge in [0.25, 0.3) is 0 Å². The number of nitrogens with one attached hydrogen (secondary N) is 1. The van der Waals surface area contributed by atoms with Gasteiger partial charge in [0, 0.05) is 17.1 Å². The van der Waals surface area contributed by atoms with Crippen LogP contribution in [0.5, 0.6) is 0 Å². The molecular formula is C14H18BrClN2O2S. The zero-order chi connectivity index (χ0) is 15.2. The summed E-state index contributed by atoms with van der Waals surface area (Å²) in [6, 6.07) is 5.00. The van der Waals surface area contributed by atoms with E-state index in [1.165, 1.54) is 0 Å². The standard InChI is InChI=1S/C14H18BrClN2O2S/c1-2-13-11-7-17-6-9(11)8-18(13)21(19,20)14-4-3-10(15)5-12(14)16/h3-5,9,11,13,17H,2,6-8H2,1H3. The topological polar surface area (TPSA) is 49.4 Å². The molecule has 2 aliphatic rings. The van der Waals surface area contributed by atoms with Crippen LogP contribution < -0.4 is 5.32 Å². The van der Waals surface area contributed by atoms with Gasteiger partial charge in [0.05, 0.1) is 5.02 Å². The van der Waals surface area contributed by atoms with Crippen LogP contribution in [0.2, 0.25) is 5.02 Å². The second kappa shape index (κ2) is 5.81. The Bertz CT molecular complexity index is 652. The lowest BCUT2D eigenvalue weighted by atomic mass is 9.93. The molecule has 116 valence electrons. The monoisotopic (exact) mass is 392 g/mol. The minimum atomic E-state index is -3.54. The number of hydrogen-bond acceptors (Lipinski definition) is 3. The molecule has 0 radical (unpaired) electrons. The zero-order valence-electron chi connectivity index (χ0n) is 11.7. The van der Waals surface area contributed by atoms with Crippen molar-refractivity contribution in [3.05, 3.63) is 27.7 Å². The first-order valence-electron chi connectivity index (χ1n) is 7.12. The number of sulfonamides is 1. The average molecular weight is 394 g/mol. The fraction of sp³-hybridized carbons (Fsp3) is 0.571. The summed E-state index contributed by atoms with van der Waals surface area (Å²) in [4.78, 5) is 0.207. The molecule has 0 spiro atoms. The largest absolute Gasteiger partial charge is 0.316 e. The Hall–Kier alpha value is -0.140. The smallest absolute Gasteiger partial charge is 0.244 e. The van der Waals surface area contributed by atoms with Crippen LogP contribution in [0.3, 0.4) is 0 Å². The van der Waals surface area contributed by atoms with Crippen LogP contribution in [0, 0.1) is 11.8 Å². The minimum absolute atomic E-state index is 0.0645. The van der Waals surface area contributed by atoms with Gasteiger partial charge in [-0.3, -0.25) is 0 Å². The van der Waals surface area contributed by atoms with Gasteiger partial charge < -0.3 is 5.32 Å². The number of hydrogen-bond donors (Lipinski definition) is 1. The summed E-state index contributed by atoms with van der Waals surface area (Å²) in [5, 5.41) is 3.64. The molecule has 0 saturated carbocycles. The molecule has 0 amide bonds. The SMILES string of the molecule is CCC1C2CNCC2CN1S(=O)(=O)c1ccc(Br)cc1Cl. The molecule has 3 rings (SSSR count). The Kier molecular flexibility index (Phi) is 4.36. The molecule has 3 atom stereocenters. The molecule has 2 heterocycles. The highest BCUT2D eigenvalue weighted by Crippen LogP contribution is 2.39. The molecule has 2 saturated heterocycles. The minimum Gasteiger partial charge on any atom is -0.316 e. The number of halogens is 2. The molecular weight excluding hydrogens is 376 g/mol. The molecule has 0 aliphatic carbocycles. The van der Waals surface area contributed by atoms with E-state index in [1.807, 2.05) is 0 Å². The molecule has 1 aromatic rings. The van der Waals surface area contributed by atoms with Crippen LogP contribution in [0.1, 0.15) is 13.3 Å². The van der Waals surface area contributed by atoms with E-state index in [9.17, 15) is 8.42 Å². The van der Waals surface area contributed by atoms with Crippen molar-refractivity contribution < 1.29 is 8.42 Å². The quantitative estimate of drug-likeness (QED) is 0.859. The summed E-state index contributed by atoms with van der Waals surface area (Å²) in [6.07, 6.45) is 0.830. The van der Waals surface area contributed by atoms with E-state index in [0.29, 0.717) is 18.4 Å². The lowest BCUT2D eigenvalue weighted by molar-refractivity contribution is 0.329. The Balaban J connectivity index is 1.98. The molecule has 1 aromatic carbocycles. The normalized spacial score (nSPS) is 29.8. The first kappa shape index (κ1) is 15.7. The van der Waals surface area contributed by atoms with Crippen molar-refractivity contribution in [2.24, 2.45) is 11.8 Å². The molecule has 7 heteroatoms. The summed E-state index contributed by atoms with van der Waals surface area (Å²) < 4.78 is 28.4. The van der Waals surface area contributed by atoms with E-state index >= 15 is 0 Å². The lowest BCUT2D eigenvalue weighted by Gasteiger charge is -2.26. The summed E-state index contributed by atoms with van der Waals surface area (Å²) in [5.74, 6) is 0.831. The van der Waals surface area contributed by atoms with Gasteiger partial charge in [-0.1, -0.05) is 34.5 Å². The Labute approximate surface area is 139 Å². The van der Waals surface area contributed by atoms with Crippen molar-refractivity contribution in [2.45, 2.75) is 24.3 Å². The van der Waals surface area contributed by atoms with E-state index < -0.39 is 10.0 Å². The van der Waals surface area contributed by atoms with E-state index in [0.717, 1.165) is 24.0 Å². The number of benzene rings is 1. The second-order valence-electron chi connectivity index (χ2n) is 5.71. The predicted octanol–water partition coefficient (Wildman–Crippen LogP) is 2.72. The van der Waals surface area contributed by atoms with Crippen molar-refractivity contribution in [3.8, 4) is 0 Å². The third-order valence-corrected chi connectivity index (χ3v) is 7.44. The molecule has 0 bridgehead atoms. The first-order valence-corrected chi connectivity index (χ1v) is 9.74. The van der Waals surface area contributed by atoms with Crippen LogP contribution >= 0.6 is 27.5 Å². The predicted molar refractivity (Wildman–Crippen MR) is 87.0 cm³/mol. The van der Waals surface area contributed by atoms with Gasteiger partial charge in [-0.15, -0.1) is 0 Å². The van der Waals surface area contributed by atoms with Crippen molar-refractivity contribution in [1.82, 2.24) is 9.62 Å². The highest BCUT2D eigenvalue weighted by atomic mass is 79.9. The Morgan fingerprint density at radius 2 is 2.19 bits per heavy atom. The average Bonchev–Trinajstić information content (AvgIpc) is 2.97. The van der Waals surface area contributed by atoms with Crippen LogP contribution in [0.15, 0.2) is 27.6 Å². The maximum Gasteiger partial charge on any atom is 0.244 e. The van der Waals surface area contributed by atoms with Crippen LogP contribution in [-0.4, -0.2) is 38.4 Å². The van der Waals surface area contributed by atoms with Crippen molar-refractivity contribution in [1.29, 1.82) is 0 Å². The molecule has 0 aromatic heterocycles. The fourth-order valence-corrected chi connectivity index (χ4v) is 6.39. The van der Waals surface area contributed by atoms with Crippen molar-refractivity contribution >= 4 is 37.6 Å². The van der Waals surface area contributed by atoms with E-state index in [4.69, 9.17) is 11.6 Å². The van der Waals surface area contributed by atoms with Gasteiger partial charge in [0.1, 0.15) is 4.90 Å². The lowest BCUT2D eigenvalue weighted by Crippen LogP contribution is -2.39. The second-order valence-corrected chi connectivity index (χ2v) is 8.89. The summed E-state index contributed by atoms with van der Waals surface area (Å²) in [5.41, 5.74) is 0. The molecule has 2 aliphatic heterocycles. The van der Waals surface area contributed by atoms with E-state index in [2.05, 4.69) is 28.2 Å². The van der Waals surface area contributed by atoms with Crippen molar-refractivity contribution in [2.75, 3.05) is 19.6 Å². The highest BCUT2D eigenvalue weighted by Gasteiger charge is 2.48. The van der Waals surface area contributed by atoms with Gasteiger partial charge in [-0.2, -0.15) is 4.31 Å². The van der Waals surface area contributed by atoms with E-state index in [1.54, 1.807) is 22.5 Å². The highest BCUT2D eigenvalue weighted by molar-refractivity contribution is 9.10. The van der Waals surface area contributed by atoms with Crippen LogP contribution in [-0.2, 0) is 10.0 Å². The van der Waals surface area contributed by atoms with Gasteiger partial charge in [0.15, 0.2) is 0 Å². The summed E-state index contributed by atoms with van der Waals surface area (Å²) in [7, 11) is -3.54. The fourth-order valence-electron chi connectivity index (χ4n) is 3.58. The first-order chi connectivity index (χ1) is 9.95. The van der Waals surface area contributed by atoms with Crippen LogP contribution in [0.25, 0.3) is 0 Å². The van der Waals surface area contributed by atoms with Gasteiger partial charge in [-0.25, -0.2) is 8.42 Å². The number of fused-ring (bicyclic) bond motifs is 1. The molecule has 21 heavy (non-hydrogen) atoms. The molecule has 1 N–H and O–H groups in total.